The molecule has 0 spiro atoms. The molecule has 0 aliphatic rings. The van der Waals surface area contributed by atoms with Crippen LogP contribution in [0.3, 0.4) is 0 Å². The molecule has 13 heavy (non-hydrogen) atoms. The molecule has 68 valence electrons. The van der Waals surface area contributed by atoms with Crippen molar-refractivity contribution in [2.75, 3.05) is 0 Å². The maximum atomic E-state index is 5.44. The highest BCUT2D eigenvalue weighted by molar-refractivity contribution is 5.67. The van der Waals surface area contributed by atoms with Gasteiger partial charge in [0, 0.05) is 12.1 Å². The molecule has 0 N–H and O–H groups in total. The first-order valence-corrected chi connectivity index (χ1v) is 4.58. The predicted molar refractivity (Wildman–Crippen MR) is 50.6 cm³/mol. The Hall–Kier alpha value is -1.38. The lowest BCUT2D eigenvalue weighted by molar-refractivity contribution is 0.528. The minimum Gasteiger partial charge on any atom is -0.422 e. The fourth-order valence-electron chi connectivity index (χ4n) is 1.25. The minimum absolute atomic E-state index is 0.663. The highest BCUT2D eigenvalue weighted by Crippen LogP contribution is 2.14. The van der Waals surface area contributed by atoms with E-state index in [0.717, 1.165) is 29.9 Å². The summed E-state index contributed by atoms with van der Waals surface area (Å²) in [6.45, 7) is 4.09. The Bertz CT molecular complexity index is 418. The number of nitrogens with zero attached hydrogens (tertiary/aromatic N) is 2. The first kappa shape index (κ1) is 8.23. The Balaban J connectivity index is 2.57. The first-order valence-electron chi connectivity index (χ1n) is 4.58. The van der Waals surface area contributed by atoms with Crippen molar-refractivity contribution < 1.29 is 4.42 Å². The summed E-state index contributed by atoms with van der Waals surface area (Å²) in [6.07, 6.45) is 1.75. The number of fused-ring (bicyclic) bond motifs is 1. The molecule has 0 fully saturated rings. The number of oxazole rings is 1. The van der Waals surface area contributed by atoms with Crippen LogP contribution in [0.2, 0.25) is 0 Å². The van der Waals surface area contributed by atoms with Crippen LogP contribution in [0, 0.1) is 0 Å². The SMILES string of the molecule is CCc1ccc2nc(CC)oc2n1. The molecule has 2 rings (SSSR count). The number of hydrogen-bond acceptors (Lipinski definition) is 3. The van der Waals surface area contributed by atoms with Gasteiger partial charge in [-0.25, -0.2) is 9.97 Å². The van der Waals surface area contributed by atoms with Gasteiger partial charge in [0.15, 0.2) is 5.89 Å². The molecule has 2 aromatic heterocycles. The molecule has 0 aromatic carbocycles. The van der Waals surface area contributed by atoms with E-state index in [1.54, 1.807) is 0 Å². The van der Waals surface area contributed by atoms with Crippen LogP contribution in [-0.4, -0.2) is 9.97 Å². The molecular formula is C10H12N2O. The molecule has 2 aromatic rings. The highest BCUT2D eigenvalue weighted by atomic mass is 16.4. The Kier molecular flexibility index (Phi) is 2.00. The molecule has 3 heteroatoms. The van der Waals surface area contributed by atoms with Gasteiger partial charge in [-0.2, -0.15) is 0 Å². The number of pyridine rings is 1. The van der Waals surface area contributed by atoms with E-state index in [1.807, 2.05) is 19.1 Å². The van der Waals surface area contributed by atoms with Gasteiger partial charge in [0.05, 0.1) is 0 Å². The average molecular weight is 176 g/mol. The van der Waals surface area contributed by atoms with Crippen molar-refractivity contribution in [3.8, 4) is 0 Å². The summed E-state index contributed by atoms with van der Waals surface area (Å²) in [5.41, 5.74) is 2.57. The van der Waals surface area contributed by atoms with Gasteiger partial charge in [0.2, 0.25) is 5.71 Å². The second-order valence-corrected chi connectivity index (χ2v) is 2.94. The smallest absolute Gasteiger partial charge is 0.247 e. The Morgan fingerprint density at radius 1 is 1.15 bits per heavy atom. The summed E-state index contributed by atoms with van der Waals surface area (Å²) in [4.78, 5) is 8.61. The molecule has 2 heterocycles. The van der Waals surface area contributed by atoms with Crippen molar-refractivity contribution in [1.29, 1.82) is 0 Å². The third-order valence-electron chi connectivity index (χ3n) is 2.02. The molecule has 0 aliphatic heterocycles. The summed E-state index contributed by atoms with van der Waals surface area (Å²) in [7, 11) is 0. The third-order valence-corrected chi connectivity index (χ3v) is 2.02. The Morgan fingerprint density at radius 2 is 2.00 bits per heavy atom. The molecular weight excluding hydrogens is 164 g/mol. The molecule has 0 atom stereocenters. The van der Waals surface area contributed by atoms with Gasteiger partial charge in [0.1, 0.15) is 5.52 Å². The lowest BCUT2D eigenvalue weighted by Gasteiger charge is -1.91. The maximum absolute atomic E-state index is 5.44. The monoisotopic (exact) mass is 176 g/mol. The van der Waals surface area contributed by atoms with Crippen molar-refractivity contribution in [2.45, 2.75) is 26.7 Å². The topological polar surface area (TPSA) is 38.9 Å². The van der Waals surface area contributed by atoms with Crippen LogP contribution in [-0.2, 0) is 12.8 Å². The van der Waals surface area contributed by atoms with E-state index in [9.17, 15) is 0 Å². The fourth-order valence-corrected chi connectivity index (χ4v) is 1.25. The van der Waals surface area contributed by atoms with E-state index in [4.69, 9.17) is 4.42 Å². The van der Waals surface area contributed by atoms with Crippen LogP contribution in [0.25, 0.3) is 11.2 Å². The first-order chi connectivity index (χ1) is 6.33. The van der Waals surface area contributed by atoms with Crippen LogP contribution < -0.4 is 0 Å². The lowest BCUT2D eigenvalue weighted by atomic mass is 10.3. The largest absolute Gasteiger partial charge is 0.422 e. The van der Waals surface area contributed by atoms with Gasteiger partial charge >= 0.3 is 0 Å². The normalized spacial score (nSPS) is 10.9. The number of aryl methyl sites for hydroxylation is 2. The van der Waals surface area contributed by atoms with E-state index in [-0.39, 0.29) is 0 Å². The third kappa shape index (κ3) is 1.41. The zero-order chi connectivity index (χ0) is 9.26. The van der Waals surface area contributed by atoms with E-state index < -0.39 is 0 Å². The quantitative estimate of drug-likeness (QED) is 0.705. The van der Waals surface area contributed by atoms with Gasteiger partial charge in [-0.3, -0.25) is 0 Å². The summed E-state index contributed by atoms with van der Waals surface area (Å²) in [6, 6.07) is 3.95. The van der Waals surface area contributed by atoms with Gasteiger partial charge in [-0.1, -0.05) is 13.8 Å². The summed E-state index contributed by atoms with van der Waals surface area (Å²) < 4.78 is 5.44. The molecule has 0 saturated heterocycles. The van der Waals surface area contributed by atoms with Gasteiger partial charge in [-0.05, 0) is 18.6 Å². The fraction of sp³-hybridized carbons (Fsp3) is 0.400. The van der Waals surface area contributed by atoms with E-state index in [0.29, 0.717) is 5.71 Å². The molecule has 0 unspecified atom stereocenters. The lowest BCUT2D eigenvalue weighted by Crippen LogP contribution is -1.84. The molecule has 0 saturated carbocycles. The van der Waals surface area contributed by atoms with Crippen molar-refractivity contribution in [3.63, 3.8) is 0 Å². The predicted octanol–water partition coefficient (Wildman–Crippen LogP) is 2.35. The van der Waals surface area contributed by atoms with E-state index >= 15 is 0 Å². The van der Waals surface area contributed by atoms with Crippen LogP contribution in [0.15, 0.2) is 16.5 Å². The minimum atomic E-state index is 0.663. The number of hydrogen-bond donors (Lipinski definition) is 0. The standard InChI is InChI=1S/C10H12N2O/c1-3-7-5-6-8-10(11-7)13-9(4-2)12-8/h5-6H,3-4H2,1-2H3. The second-order valence-electron chi connectivity index (χ2n) is 2.94. The van der Waals surface area contributed by atoms with Crippen molar-refractivity contribution in [1.82, 2.24) is 9.97 Å². The van der Waals surface area contributed by atoms with Crippen LogP contribution in [0.5, 0.6) is 0 Å². The van der Waals surface area contributed by atoms with Crippen LogP contribution in [0.4, 0.5) is 0 Å². The Labute approximate surface area is 76.8 Å². The van der Waals surface area contributed by atoms with Gasteiger partial charge in [-0.15, -0.1) is 0 Å². The highest BCUT2D eigenvalue weighted by Gasteiger charge is 2.04. The maximum Gasteiger partial charge on any atom is 0.247 e. The molecule has 0 aliphatic carbocycles. The van der Waals surface area contributed by atoms with Crippen LogP contribution in [0.1, 0.15) is 25.4 Å². The molecule has 0 bridgehead atoms. The van der Waals surface area contributed by atoms with Crippen molar-refractivity contribution in [2.24, 2.45) is 0 Å². The Morgan fingerprint density at radius 3 is 2.69 bits per heavy atom. The summed E-state index contributed by atoms with van der Waals surface area (Å²) in [5.74, 6) is 0.760. The molecule has 0 radical (unpaired) electrons. The molecule has 3 nitrogen and oxygen atoms in total. The van der Waals surface area contributed by atoms with E-state index in [1.165, 1.54) is 0 Å². The zero-order valence-corrected chi connectivity index (χ0v) is 7.87. The second kappa shape index (κ2) is 3.17. The number of aromatic nitrogens is 2. The van der Waals surface area contributed by atoms with Crippen molar-refractivity contribution >= 4 is 11.2 Å². The van der Waals surface area contributed by atoms with Crippen molar-refractivity contribution in [3.05, 3.63) is 23.7 Å². The van der Waals surface area contributed by atoms with Gasteiger partial charge < -0.3 is 4.42 Å². The average Bonchev–Trinajstić information content (AvgIpc) is 2.58. The molecule has 0 amide bonds. The summed E-state index contributed by atoms with van der Waals surface area (Å²) in [5, 5.41) is 0. The summed E-state index contributed by atoms with van der Waals surface area (Å²) >= 11 is 0. The zero-order valence-electron chi connectivity index (χ0n) is 7.87. The number of rotatable bonds is 2. The van der Waals surface area contributed by atoms with Gasteiger partial charge in [0.25, 0.3) is 0 Å². The van der Waals surface area contributed by atoms with E-state index in [2.05, 4.69) is 16.9 Å². The van der Waals surface area contributed by atoms with Crippen LogP contribution >= 0.6 is 0 Å².